The maximum absolute atomic E-state index is 10.9. The van der Waals surface area contributed by atoms with Crippen LogP contribution in [0.3, 0.4) is 0 Å². The quantitative estimate of drug-likeness (QED) is 0.719. The Kier molecular flexibility index (Phi) is 5.06. The van der Waals surface area contributed by atoms with Gasteiger partial charge in [-0.2, -0.15) is 0 Å². The Morgan fingerprint density at radius 2 is 1.73 bits per heavy atom. The van der Waals surface area contributed by atoms with Crippen LogP contribution in [0, 0.1) is 34.5 Å². The summed E-state index contributed by atoms with van der Waals surface area (Å²) < 4.78 is 0. The molecule has 130 valence electrons. The van der Waals surface area contributed by atoms with Crippen molar-refractivity contribution in [2.75, 3.05) is 0 Å². The fourth-order valence-electron chi connectivity index (χ4n) is 5.75. The van der Waals surface area contributed by atoms with E-state index in [9.17, 15) is 10.2 Å². The number of hydrogen-bond donors (Lipinski definition) is 2. The van der Waals surface area contributed by atoms with Crippen LogP contribution >= 0.6 is 0 Å². The van der Waals surface area contributed by atoms with Crippen LogP contribution in [0.15, 0.2) is 0 Å². The van der Waals surface area contributed by atoms with E-state index in [2.05, 4.69) is 41.5 Å². The van der Waals surface area contributed by atoms with Gasteiger partial charge < -0.3 is 10.2 Å². The van der Waals surface area contributed by atoms with Crippen molar-refractivity contribution in [3.05, 3.63) is 0 Å². The molecule has 0 unspecified atom stereocenters. The molecule has 2 aliphatic rings. The molecule has 2 nitrogen and oxygen atoms in total. The molecule has 0 aromatic heterocycles. The van der Waals surface area contributed by atoms with Gasteiger partial charge in [0.05, 0.1) is 0 Å². The van der Waals surface area contributed by atoms with E-state index in [0.29, 0.717) is 24.2 Å². The fraction of sp³-hybridized carbons (Fsp3) is 1.00. The molecular formula is C20H38O2. The summed E-state index contributed by atoms with van der Waals surface area (Å²) in [4.78, 5) is 0. The van der Waals surface area contributed by atoms with E-state index in [0.717, 1.165) is 25.2 Å². The Labute approximate surface area is 137 Å². The molecule has 0 bridgehead atoms. The van der Waals surface area contributed by atoms with E-state index in [4.69, 9.17) is 0 Å². The van der Waals surface area contributed by atoms with Crippen LogP contribution in [0.1, 0.15) is 86.5 Å². The van der Waals surface area contributed by atoms with Crippen LogP contribution in [0.4, 0.5) is 0 Å². The first kappa shape index (κ1) is 18.3. The van der Waals surface area contributed by atoms with Crippen LogP contribution in [0.2, 0.25) is 0 Å². The molecule has 0 aliphatic heterocycles. The average molecular weight is 311 g/mol. The highest BCUT2D eigenvalue weighted by atomic mass is 16.5. The second-order valence-corrected chi connectivity index (χ2v) is 9.39. The van der Waals surface area contributed by atoms with Crippen molar-refractivity contribution in [3.8, 4) is 0 Å². The van der Waals surface area contributed by atoms with Crippen molar-refractivity contribution in [2.24, 2.45) is 34.5 Å². The lowest BCUT2D eigenvalue weighted by atomic mass is 9.44. The molecular weight excluding hydrogens is 272 g/mol. The normalized spacial score (nSPS) is 41.7. The second kappa shape index (κ2) is 6.09. The minimum atomic E-state index is -1.50. The number of fused-ring (bicyclic) bond motifs is 1. The average Bonchev–Trinajstić information content (AvgIpc) is 2.43. The van der Waals surface area contributed by atoms with Gasteiger partial charge in [0.1, 0.15) is 0 Å². The summed E-state index contributed by atoms with van der Waals surface area (Å²) in [5.74, 6) is 0.677. The molecule has 5 atom stereocenters. The molecule has 22 heavy (non-hydrogen) atoms. The molecule has 0 aromatic carbocycles. The summed E-state index contributed by atoms with van der Waals surface area (Å²) in [7, 11) is 0. The predicted octanol–water partition coefficient (Wildman–Crippen LogP) is 4.98. The highest BCUT2D eigenvalue weighted by Gasteiger charge is 2.63. The van der Waals surface area contributed by atoms with Gasteiger partial charge in [-0.1, -0.05) is 60.8 Å². The third-order valence-corrected chi connectivity index (χ3v) is 7.68. The molecule has 0 spiro atoms. The molecule has 2 aliphatic carbocycles. The molecule has 0 heterocycles. The smallest absolute Gasteiger partial charge is 0.168 e. The van der Waals surface area contributed by atoms with Gasteiger partial charge in [-0.3, -0.25) is 0 Å². The Hall–Kier alpha value is -0.0800. The van der Waals surface area contributed by atoms with Crippen molar-refractivity contribution < 1.29 is 10.2 Å². The molecule has 0 amide bonds. The Balaban J connectivity index is 2.33. The van der Waals surface area contributed by atoms with Crippen LogP contribution in [-0.2, 0) is 0 Å². The lowest BCUT2D eigenvalue weighted by Gasteiger charge is -2.63. The van der Waals surface area contributed by atoms with Gasteiger partial charge >= 0.3 is 0 Å². The lowest BCUT2D eigenvalue weighted by molar-refractivity contribution is -0.323. The molecule has 2 rings (SSSR count). The van der Waals surface area contributed by atoms with E-state index in [-0.39, 0.29) is 10.8 Å². The van der Waals surface area contributed by atoms with Gasteiger partial charge in [-0.25, -0.2) is 0 Å². The van der Waals surface area contributed by atoms with Crippen molar-refractivity contribution in [2.45, 2.75) is 92.3 Å². The molecule has 2 fully saturated rings. The monoisotopic (exact) mass is 310 g/mol. The van der Waals surface area contributed by atoms with Crippen molar-refractivity contribution in [1.29, 1.82) is 0 Å². The first-order valence-electron chi connectivity index (χ1n) is 9.51. The van der Waals surface area contributed by atoms with E-state index in [1.54, 1.807) is 0 Å². The van der Waals surface area contributed by atoms with Crippen LogP contribution in [0.25, 0.3) is 0 Å². The van der Waals surface area contributed by atoms with Gasteiger partial charge in [0.2, 0.25) is 0 Å². The summed E-state index contributed by atoms with van der Waals surface area (Å²) in [6.07, 6.45) is 7.41. The van der Waals surface area contributed by atoms with Gasteiger partial charge in [-0.05, 0) is 48.3 Å². The molecule has 0 saturated heterocycles. The summed E-state index contributed by atoms with van der Waals surface area (Å²) >= 11 is 0. The van der Waals surface area contributed by atoms with Gasteiger partial charge in [0, 0.05) is 11.8 Å². The predicted molar refractivity (Wildman–Crippen MR) is 92.4 cm³/mol. The highest BCUT2D eigenvalue weighted by Crippen LogP contribution is 2.64. The van der Waals surface area contributed by atoms with Crippen molar-refractivity contribution >= 4 is 0 Å². The SMILES string of the molecule is CC[C@@H](C)CC[C@H]1[C@@H](C)CC[C@H]2C(C)(C)CCC(O)(O)[C@]12C. The summed E-state index contributed by atoms with van der Waals surface area (Å²) in [6, 6.07) is 0. The first-order valence-corrected chi connectivity index (χ1v) is 9.51. The number of rotatable bonds is 4. The minimum Gasteiger partial charge on any atom is -0.365 e. The zero-order valence-electron chi connectivity index (χ0n) is 15.7. The lowest BCUT2D eigenvalue weighted by Crippen LogP contribution is -2.64. The highest BCUT2D eigenvalue weighted by molar-refractivity contribution is 5.09. The van der Waals surface area contributed by atoms with E-state index in [1.165, 1.54) is 19.3 Å². The minimum absolute atomic E-state index is 0.221. The molecule has 0 radical (unpaired) electrons. The van der Waals surface area contributed by atoms with Crippen molar-refractivity contribution in [1.82, 2.24) is 0 Å². The molecule has 2 heteroatoms. The molecule has 2 N–H and O–H groups in total. The van der Waals surface area contributed by atoms with Crippen molar-refractivity contribution in [3.63, 3.8) is 0 Å². The number of hydrogen-bond acceptors (Lipinski definition) is 2. The second-order valence-electron chi connectivity index (χ2n) is 9.39. The van der Waals surface area contributed by atoms with E-state index in [1.807, 2.05) is 0 Å². The summed E-state index contributed by atoms with van der Waals surface area (Å²) in [6.45, 7) is 13.8. The largest absolute Gasteiger partial charge is 0.365 e. The van der Waals surface area contributed by atoms with Gasteiger partial charge in [0.25, 0.3) is 0 Å². The summed E-state index contributed by atoms with van der Waals surface area (Å²) in [5.41, 5.74) is -0.141. The zero-order chi connectivity index (χ0) is 16.8. The summed E-state index contributed by atoms with van der Waals surface area (Å²) in [5, 5.41) is 21.9. The molecule has 0 aromatic rings. The Morgan fingerprint density at radius 3 is 2.32 bits per heavy atom. The van der Waals surface area contributed by atoms with Gasteiger partial charge in [0.15, 0.2) is 5.79 Å². The van der Waals surface area contributed by atoms with E-state index >= 15 is 0 Å². The number of aliphatic hydroxyl groups is 2. The fourth-order valence-corrected chi connectivity index (χ4v) is 5.75. The first-order chi connectivity index (χ1) is 10.1. The topological polar surface area (TPSA) is 40.5 Å². The third-order valence-electron chi connectivity index (χ3n) is 7.68. The molecule has 2 saturated carbocycles. The maximum Gasteiger partial charge on any atom is 0.168 e. The third kappa shape index (κ3) is 2.86. The zero-order valence-corrected chi connectivity index (χ0v) is 15.7. The van der Waals surface area contributed by atoms with Crippen LogP contribution in [-0.4, -0.2) is 16.0 Å². The Bertz CT molecular complexity index is 387. The standard InChI is InChI=1S/C20H38O2/c1-7-14(2)8-10-16-15(3)9-11-17-18(4,5)12-13-20(21,22)19(16,17)6/h14-17,21-22H,7-13H2,1-6H3/t14-,15+,16+,17+,19-/m1/s1. The van der Waals surface area contributed by atoms with Crippen LogP contribution < -0.4 is 0 Å². The Morgan fingerprint density at radius 1 is 1.09 bits per heavy atom. The van der Waals surface area contributed by atoms with E-state index < -0.39 is 5.79 Å². The van der Waals surface area contributed by atoms with Gasteiger partial charge in [-0.15, -0.1) is 0 Å². The van der Waals surface area contributed by atoms with Crippen LogP contribution in [0.5, 0.6) is 0 Å². The maximum atomic E-state index is 10.9.